The van der Waals surface area contributed by atoms with Gasteiger partial charge in [0.1, 0.15) is 17.3 Å². The number of anilines is 1. The third kappa shape index (κ3) is 4.56. The molecule has 1 fully saturated rings. The Hall–Kier alpha value is -3.94. The van der Waals surface area contributed by atoms with Crippen LogP contribution in [0.1, 0.15) is 23.6 Å². The fourth-order valence-corrected chi connectivity index (χ4v) is 4.46. The monoisotopic (exact) mass is 476 g/mol. The summed E-state index contributed by atoms with van der Waals surface area (Å²) in [5, 5.41) is 2.67. The van der Waals surface area contributed by atoms with Crippen molar-refractivity contribution in [2.75, 3.05) is 25.0 Å². The molecule has 1 unspecified atom stereocenters. The van der Waals surface area contributed by atoms with E-state index in [1.165, 1.54) is 6.07 Å². The molecule has 0 saturated carbocycles. The maximum absolute atomic E-state index is 13.5. The van der Waals surface area contributed by atoms with Crippen LogP contribution in [0, 0.1) is 25.5 Å². The second-order valence-corrected chi connectivity index (χ2v) is 9.06. The number of amidine groups is 1. The number of benzene rings is 3. The van der Waals surface area contributed by atoms with E-state index in [0.717, 1.165) is 46.1 Å². The Morgan fingerprint density at radius 2 is 1.74 bits per heavy atom. The predicted molar refractivity (Wildman–Crippen MR) is 132 cm³/mol. The number of halogens is 2. The molecule has 0 radical (unpaired) electrons. The fraction of sp³-hybridized carbons (Fsp3) is 0.259. The minimum atomic E-state index is -1.00. The molecule has 180 valence electrons. The molecule has 1 atom stereocenters. The van der Waals surface area contributed by atoms with Crippen LogP contribution in [-0.4, -0.2) is 47.3 Å². The van der Waals surface area contributed by atoms with E-state index in [1.54, 1.807) is 4.90 Å². The Morgan fingerprint density at radius 1 is 0.971 bits per heavy atom. The molecular formula is C27H26F2N4O2. The van der Waals surface area contributed by atoms with Crippen LogP contribution in [0.25, 0.3) is 0 Å². The Balaban J connectivity index is 1.40. The van der Waals surface area contributed by atoms with Gasteiger partial charge in [0.25, 0.3) is 0 Å². The summed E-state index contributed by atoms with van der Waals surface area (Å²) in [5.74, 6) is 0.301. The lowest BCUT2D eigenvalue weighted by atomic mass is 10.1. The molecule has 5 rings (SSSR count). The normalized spacial score (nSPS) is 17.1. The van der Waals surface area contributed by atoms with Gasteiger partial charge in [0.05, 0.1) is 5.56 Å². The molecule has 2 amide bonds. The average molecular weight is 477 g/mol. The number of fused-ring (bicyclic) bond motifs is 2. The number of urea groups is 1. The highest BCUT2D eigenvalue weighted by molar-refractivity contribution is 6.04. The van der Waals surface area contributed by atoms with Crippen molar-refractivity contribution in [1.29, 1.82) is 0 Å². The largest absolute Gasteiger partial charge is 0.454 e. The van der Waals surface area contributed by atoms with Gasteiger partial charge in [-0.3, -0.25) is 0 Å². The molecule has 0 spiro atoms. The summed E-state index contributed by atoms with van der Waals surface area (Å²) in [6.45, 7) is 7.56. The minimum absolute atomic E-state index is 0.147. The van der Waals surface area contributed by atoms with Crippen molar-refractivity contribution in [2.24, 2.45) is 4.99 Å². The van der Waals surface area contributed by atoms with Gasteiger partial charge in [-0.1, -0.05) is 17.7 Å². The van der Waals surface area contributed by atoms with Crippen molar-refractivity contribution in [3.8, 4) is 11.5 Å². The van der Waals surface area contributed by atoms with Crippen LogP contribution in [0.15, 0.2) is 59.6 Å². The summed E-state index contributed by atoms with van der Waals surface area (Å²) >= 11 is 0. The van der Waals surface area contributed by atoms with E-state index in [1.807, 2.05) is 51.1 Å². The van der Waals surface area contributed by atoms with Crippen molar-refractivity contribution >= 4 is 23.2 Å². The number of hydrogen-bond donors (Lipinski definition) is 1. The summed E-state index contributed by atoms with van der Waals surface area (Å²) in [6, 6.07) is 14.8. The van der Waals surface area contributed by atoms with Crippen LogP contribution in [-0.2, 0) is 0 Å². The number of aliphatic imine (C=N–C) groups is 1. The van der Waals surface area contributed by atoms with E-state index in [2.05, 4.69) is 16.3 Å². The van der Waals surface area contributed by atoms with Gasteiger partial charge in [0.2, 0.25) is 0 Å². The second-order valence-electron chi connectivity index (χ2n) is 9.06. The van der Waals surface area contributed by atoms with E-state index < -0.39 is 11.6 Å². The molecule has 2 heterocycles. The van der Waals surface area contributed by atoms with Crippen molar-refractivity contribution in [1.82, 2.24) is 9.80 Å². The average Bonchev–Trinajstić information content (AvgIpc) is 2.97. The van der Waals surface area contributed by atoms with Crippen molar-refractivity contribution in [2.45, 2.75) is 26.8 Å². The maximum atomic E-state index is 13.5. The first kappa shape index (κ1) is 22.8. The van der Waals surface area contributed by atoms with Crippen molar-refractivity contribution < 1.29 is 18.3 Å². The Labute approximate surface area is 202 Å². The van der Waals surface area contributed by atoms with Gasteiger partial charge in [0, 0.05) is 37.4 Å². The third-order valence-electron chi connectivity index (χ3n) is 6.30. The summed E-state index contributed by atoms with van der Waals surface area (Å²) in [5.41, 5.74) is 4.06. The van der Waals surface area contributed by atoms with Crippen LogP contribution in [0.4, 0.5) is 25.0 Å². The van der Waals surface area contributed by atoms with Gasteiger partial charge in [-0.15, -0.1) is 0 Å². The quantitative estimate of drug-likeness (QED) is 0.468. The van der Waals surface area contributed by atoms with E-state index in [4.69, 9.17) is 9.73 Å². The summed E-state index contributed by atoms with van der Waals surface area (Å²) in [4.78, 5) is 21.7. The highest BCUT2D eigenvalue weighted by Gasteiger charge is 2.31. The number of carbonyl (C=O) groups excluding carboxylic acids is 1. The first-order valence-corrected chi connectivity index (χ1v) is 11.5. The van der Waals surface area contributed by atoms with Gasteiger partial charge in [0.15, 0.2) is 17.4 Å². The zero-order valence-electron chi connectivity index (χ0n) is 19.8. The predicted octanol–water partition coefficient (Wildman–Crippen LogP) is 6.00. The standard InChI is InChI=1S/C27H26F2N4O2/c1-16-5-9-24-20(12-16)26(31-23-8-4-17(2)13-25(23)35-24)32-10-11-33(18(3)15-32)27(34)30-19-6-7-21(28)22(29)14-19/h4-9,12-14,18H,10-11,15H2,1-3H3,(H,30,34). The van der Waals surface area contributed by atoms with Crippen LogP contribution in [0.3, 0.4) is 0 Å². The topological polar surface area (TPSA) is 57.2 Å². The van der Waals surface area contributed by atoms with E-state index in [-0.39, 0.29) is 17.8 Å². The zero-order valence-corrected chi connectivity index (χ0v) is 19.8. The number of aryl methyl sites for hydroxylation is 2. The van der Waals surface area contributed by atoms with Crippen LogP contribution >= 0.6 is 0 Å². The smallest absolute Gasteiger partial charge is 0.322 e. The maximum Gasteiger partial charge on any atom is 0.322 e. The number of nitrogens with one attached hydrogen (secondary N) is 1. The molecule has 1 N–H and O–H groups in total. The molecule has 8 heteroatoms. The number of carbonyl (C=O) groups is 1. The highest BCUT2D eigenvalue weighted by atomic mass is 19.2. The SMILES string of the molecule is Cc1ccc2c(c1)Oc1ccc(C)cc1C(N1CCN(C(=O)Nc3ccc(F)c(F)c3)C(C)C1)=N2. The number of piperazine rings is 1. The third-order valence-corrected chi connectivity index (χ3v) is 6.30. The van der Waals surface area contributed by atoms with E-state index in [9.17, 15) is 13.6 Å². The first-order valence-electron chi connectivity index (χ1n) is 11.5. The lowest BCUT2D eigenvalue weighted by molar-refractivity contribution is 0.145. The van der Waals surface area contributed by atoms with Gasteiger partial charge in [-0.2, -0.15) is 0 Å². The summed E-state index contributed by atoms with van der Waals surface area (Å²) < 4.78 is 33.0. The molecule has 3 aromatic rings. The number of ether oxygens (including phenoxy) is 1. The molecular weight excluding hydrogens is 450 g/mol. The molecule has 6 nitrogen and oxygen atoms in total. The molecule has 3 aromatic carbocycles. The molecule has 2 aliphatic rings. The van der Waals surface area contributed by atoms with Crippen LogP contribution in [0.2, 0.25) is 0 Å². The summed E-state index contributed by atoms with van der Waals surface area (Å²) in [7, 11) is 0. The van der Waals surface area contributed by atoms with Gasteiger partial charge in [-0.25, -0.2) is 18.6 Å². The Bertz CT molecular complexity index is 1340. The first-order chi connectivity index (χ1) is 16.8. The minimum Gasteiger partial charge on any atom is -0.454 e. The van der Waals surface area contributed by atoms with Crippen LogP contribution < -0.4 is 10.1 Å². The second kappa shape index (κ2) is 9.02. The van der Waals surface area contributed by atoms with E-state index in [0.29, 0.717) is 25.4 Å². The van der Waals surface area contributed by atoms with Gasteiger partial charge < -0.3 is 19.9 Å². The Kier molecular flexibility index (Phi) is 5.88. The molecule has 0 aromatic heterocycles. The Morgan fingerprint density at radius 3 is 2.51 bits per heavy atom. The lowest BCUT2D eigenvalue weighted by Crippen LogP contribution is -2.56. The van der Waals surface area contributed by atoms with Gasteiger partial charge in [-0.05, 0) is 62.7 Å². The molecule has 2 aliphatic heterocycles. The van der Waals surface area contributed by atoms with Crippen LogP contribution in [0.5, 0.6) is 11.5 Å². The van der Waals surface area contributed by atoms with Gasteiger partial charge >= 0.3 is 6.03 Å². The molecule has 35 heavy (non-hydrogen) atoms. The highest BCUT2D eigenvalue weighted by Crippen LogP contribution is 2.39. The number of nitrogens with zero attached hydrogens (tertiary/aromatic N) is 3. The van der Waals surface area contributed by atoms with Crippen molar-refractivity contribution in [3.05, 3.63) is 82.9 Å². The lowest BCUT2D eigenvalue weighted by Gasteiger charge is -2.41. The number of hydrogen-bond acceptors (Lipinski definition) is 4. The van der Waals surface area contributed by atoms with Crippen molar-refractivity contribution in [3.63, 3.8) is 0 Å². The summed E-state index contributed by atoms with van der Waals surface area (Å²) in [6.07, 6.45) is 0. The molecule has 0 bridgehead atoms. The molecule has 0 aliphatic carbocycles. The van der Waals surface area contributed by atoms with E-state index >= 15 is 0 Å². The zero-order chi connectivity index (χ0) is 24.7. The number of rotatable bonds is 1. The fourth-order valence-electron chi connectivity index (χ4n) is 4.46. The molecule has 1 saturated heterocycles. The number of amides is 2.